The van der Waals surface area contributed by atoms with Crippen molar-refractivity contribution in [3.63, 3.8) is 0 Å². The van der Waals surface area contributed by atoms with E-state index in [4.69, 9.17) is 5.11 Å². The quantitative estimate of drug-likeness (QED) is 0.561. The molecule has 1 rings (SSSR count). The van der Waals surface area contributed by atoms with Crippen molar-refractivity contribution in [1.82, 2.24) is 4.98 Å². The molecule has 0 radical (unpaired) electrons. The monoisotopic (exact) mass is 197 g/mol. The van der Waals surface area contributed by atoms with Crippen molar-refractivity contribution in [3.05, 3.63) is 24.5 Å². The van der Waals surface area contributed by atoms with E-state index in [0.29, 0.717) is 6.61 Å². The SMILES string of the molecule is OCCCCCSc1cccnc1. The van der Waals surface area contributed by atoms with Gasteiger partial charge in [-0.2, -0.15) is 0 Å². The molecule has 0 fully saturated rings. The minimum Gasteiger partial charge on any atom is -0.396 e. The zero-order valence-electron chi connectivity index (χ0n) is 7.65. The first-order valence-electron chi connectivity index (χ1n) is 4.57. The Kier molecular flexibility index (Phi) is 5.61. The van der Waals surface area contributed by atoms with Crippen LogP contribution in [0.25, 0.3) is 0 Å². The van der Waals surface area contributed by atoms with Gasteiger partial charge in [0.25, 0.3) is 0 Å². The Labute approximate surface area is 83.4 Å². The summed E-state index contributed by atoms with van der Waals surface area (Å²) in [6.45, 7) is 0.317. The van der Waals surface area contributed by atoms with Gasteiger partial charge < -0.3 is 5.11 Å². The van der Waals surface area contributed by atoms with E-state index in [0.717, 1.165) is 18.6 Å². The standard InChI is InChI=1S/C10H15NOS/c12-7-2-1-3-8-13-10-5-4-6-11-9-10/h4-6,9,12H,1-3,7-8H2. The zero-order chi connectivity index (χ0) is 9.36. The van der Waals surface area contributed by atoms with Crippen molar-refractivity contribution in [2.45, 2.75) is 24.2 Å². The van der Waals surface area contributed by atoms with Crippen LogP contribution in [-0.2, 0) is 0 Å². The molecule has 72 valence electrons. The fourth-order valence-corrected chi connectivity index (χ4v) is 1.91. The summed E-state index contributed by atoms with van der Waals surface area (Å²) in [5.41, 5.74) is 0. The highest BCUT2D eigenvalue weighted by Crippen LogP contribution is 2.17. The zero-order valence-corrected chi connectivity index (χ0v) is 8.46. The van der Waals surface area contributed by atoms with E-state index in [1.807, 2.05) is 24.0 Å². The molecular formula is C10H15NOS. The summed E-state index contributed by atoms with van der Waals surface area (Å²) in [4.78, 5) is 5.27. The van der Waals surface area contributed by atoms with E-state index >= 15 is 0 Å². The predicted octanol–water partition coefficient (Wildman–Crippen LogP) is 2.34. The van der Waals surface area contributed by atoms with Gasteiger partial charge >= 0.3 is 0 Å². The van der Waals surface area contributed by atoms with Crippen molar-refractivity contribution >= 4 is 11.8 Å². The van der Waals surface area contributed by atoms with Gasteiger partial charge in [-0.3, -0.25) is 4.98 Å². The van der Waals surface area contributed by atoms with E-state index in [1.54, 1.807) is 6.20 Å². The van der Waals surface area contributed by atoms with Gasteiger partial charge in [0.15, 0.2) is 0 Å². The van der Waals surface area contributed by atoms with Crippen molar-refractivity contribution in [1.29, 1.82) is 0 Å². The molecule has 0 unspecified atom stereocenters. The molecule has 1 aromatic heterocycles. The largest absolute Gasteiger partial charge is 0.396 e. The first-order valence-corrected chi connectivity index (χ1v) is 5.56. The second-order valence-corrected chi connectivity index (χ2v) is 3.99. The van der Waals surface area contributed by atoms with Crippen LogP contribution in [0, 0.1) is 0 Å². The lowest BCUT2D eigenvalue weighted by atomic mass is 10.3. The van der Waals surface area contributed by atoms with Crippen LogP contribution in [0.4, 0.5) is 0 Å². The van der Waals surface area contributed by atoms with Gasteiger partial charge in [0.2, 0.25) is 0 Å². The summed E-state index contributed by atoms with van der Waals surface area (Å²) >= 11 is 1.83. The van der Waals surface area contributed by atoms with Gasteiger partial charge in [-0.1, -0.05) is 6.42 Å². The van der Waals surface area contributed by atoms with Crippen molar-refractivity contribution < 1.29 is 5.11 Å². The summed E-state index contributed by atoms with van der Waals surface area (Å²) in [5, 5.41) is 8.57. The third-order valence-electron chi connectivity index (χ3n) is 1.71. The van der Waals surface area contributed by atoms with Gasteiger partial charge in [0, 0.05) is 23.9 Å². The fraction of sp³-hybridized carbons (Fsp3) is 0.500. The second-order valence-electron chi connectivity index (χ2n) is 2.82. The highest BCUT2D eigenvalue weighted by atomic mass is 32.2. The van der Waals surface area contributed by atoms with Crippen LogP contribution in [0.3, 0.4) is 0 Å². The van der Waals surface area contributed by atoms with Gasteiger partial charge in [-0.25, -0.2) is 0 Å². The number of aromatic nitrogens is 1. The molecule has 2 nitrogen and oxygen atoms in total. The molecule has 0 aliphatic carbocycles. The van der Waals surface area contributed by atoms with Crippen LogP contribution in [-0.4, -0.2) is 22.5 Å². The van der Waals surface area contributed by atoms with Crippen molar-refractivity contribution in [2.24, 2.45) is 0 Å². The van der Waals surface area contributed by atoms with Crippen LogP contribution in [0.15, 0.2) is 29.4 Å². The first-order chi connectivity index (χ1) is 6.43. The molecule has 0 aromatic carbocycles. The third kappa shape index (κ3) is 4.90. The number of hydrogen-bond donors (Lipinski definition) is 1. The van der Waals surface area contributed by atoms with Crippen LogP contribution in [0.2, 0.25) is 0 Å². The molecule has 1 aromatic rings. The summed E-state index contributed by atoms with van der Waals surface area (Å²) < 4.78 is 0. The summed E-state index contributed by atoms with van der Waals surface area (Å²) in [7, 11) is 0. The molecule has 1 N–H and O–H groups in total. The lowest BCUT2D eigenvalue weighted by Crippen LogP contribution is -1.85. The highest BCUT2D eigenvalue weighted by Gasteiger charge is 1.92. The number of aliphatic hydroxyl groups excluding tert-OH is 1. The van der Waals surface area contributed by atoms with Crippen molar-refractivity contribution in [2.75, 3.05) is 12.4 Å². The predicted molar refractivity (Wildman–Crippen MR) is 55.9 cm³/mol. The number of hydrogen-bond acceptors (Lipinski definition) is 3. The molecule has 0 bridgehead atoms. The van der Waals surface area contributed by atoms with Gasteiger partial charge in [-0.15, -0.1) is 11.8 Å². The Morgan fingerprint density at radius 3 is 2.92 bits per heavy atom. The lowest BCUT2D eigenvalue weighted by molar-refractivity contribution is 0.284. The molecule has 0 saturated carbocycles. The Morgan fingerprint density at radius 2 is 2.23 bits per heavy atom. The molecule has 0 amide bonds. The molecule has 0 atom stereocenters. The van der Waals surface area contributed by atoms with Crippen LogP contribution < -0.4 is 0 Å². The minimum absolute atomic E-state index is 0.317. The topological polar surface area (TPSA) is 33.1 Å². The summed E-state index contributed by atoms with van der Waals surface area (Å²) in [6.07, 6.45) is 6.88. The molecule has 0 aliphatic rings. The average molecular weight is 197 g/mol. The molecule has 0 aliphatic heterocycles. The Hall–Kier alpha value is -0.540. The van der Waals surface area contributed by atoms with Crippen LogP contribution >= 0.6 is 11.8 Å². The third-order valence-corrected chi connectivity index (χ3v) is 2.77. The Balaban J connectivity index is 2.07. The normalized spacial score (nSPS) is 10.2. The van der Waals surface area contributed by atoms with Gasteiger partial charge in [-0.05, 0) is 30.7 Å². The first kappa shape index (κ1) is 10.5. The molecule has 3 heteroatoms. The number of rotatable bonds is 6. The summed E-state index contributed by atoms with van der Waals surface area (Å²) in [6, 6.07) is 4.03. The average Bonchev–Trinajstić information content (AvgIpc) is 2.19. The van der Waals surface area contributed by atoms with Crippen molar-refractivity contribution in [3.8, 4) is 0 Å². The maximum absolute atomic E-state index is 8.57. The number of pyridine rings is 1. The molecule has 0 saturated heterocycles. The molecule has 13 heavy (non-hydrogen) atoms. The fourth-order valence-electron chi connectivity index (χ4n) is 1.01. The summed E-state index contributed by atoms with van der Waals surface area (Å²) in [5.74, 6) is 1.12. The minimum atomic E-state index is 0.317. The molecule has 1 heterocycles. The highest BCUT2D eigenvalue weighted by molar-refractivity contribution is 7.99. The Bertz CT molecular complexity index is 215. The van der Waals surface area contributed by atoms with E-state index in [9.17, 15) is 0 Å². The smallest absolute Gasteiger partial charge is 0.0431 e. The Morgan fingerprint density at radius 1 is 1.31 bits per heavy atom. The van der Waals surface area contributed by atoms with Crippen LogP contribution in [0.5, 0.6) is 0 Å². The maximum atomic E-state index is 8.57. The molecular weight excluding hydrogens is 182 g/mol. The lowest BCUT2D eigenvalue weighted by Gasteiger charge is -1.99. The van der Waals surface area contributed by atoms with Crippen LogP contribution in [0.1, 0.15) is 19.3 Å². The maximum Gasteiger partial charge on any atom is 0.0431 e. The number of aliphatic hydroxyl groups is 1. The molecule has 0 spiro atoms. The number of nitrogens with zero attached hydrogens (tertiary/aromatic N) is 1. The van der Waals surface area contributed by atoms with Gasteiger partial charge in [0.05, 0.1) is 0 Å². The van der Waals surface area contributed by atoms with E-state index < -0.39 is 0 Å². The number of thioether (sulfide) groups is 1. The van der Waals surface area contributed by atoms with E-state index in [-0.39, 0.29) is 0 Å². The van der Waals surface area contributed by atoms with Gasteiger partial charge in [0.1, 0.15) is 0 Å². The number of unbranched alkanes of at least 4 members (excludes halogenated alkanes) is 2. The van der Waals surface area contributed by atoms with E-state index in [1.165, 1.54) is 11.3 Å². The second kappa shape index (κ2) is 6.92. The van der Waals surface area contributed by atoms with E-state index in [2.05, 4.69) is 11.1 Å².